The van der Waals surface area contributed by atoms with Crippen LogP contribution in [0.5, 0.6) is 5.75 Å². The molecular formula is C24H33FN2O3. The molecule has 30 heavy (non-hydrogen) atoms. The van der Waals surface area contributed by atoms with Crippen LogP contribution in [0.4, 0.5) is 4.39 Å². The van der Waals surface area contributed by atoms with Crippen LogP contribution in [0.2, 0.25) is 0 Å². The molecule has 5 nitrogen and oxygen atoms in total. The first kappa shape index (κ1) is 21.3. The van der Waals surface area contributed by atoms with Gasteiger partial charge in [-0.15, -0.1) is 0 Å². The summed E-state index contributed by atoms with van der Waals surface area (Å²) in [6.07, 6.45) is 7.75. The number of benzene rings is 1. The fourth-order valence-electron chi connectivity index (χ4n) is 5.60. The van der Waals surface area contributed by atoms with Gasteiger partial charge in [-0.05, 0) is 68.1 Å². The Bertz CT molecular complexity index is 768. The van der Waals surface area contributed by atoms with Crippen LogP contribution in [0.1, 0.15) is 50.5 Å². The largest absolute Gasteiger partial charge is 0.489 e. The number of amides is 1. The molecule has 1 amide bonds. The van der Waals surface area contributed by atoms with Gasteiger partial charge in [0, 0.05) is 37.7 Å². The van der Waals surface area contributed by atoms with Gasteiger partial charge in [-0.2, -0.15) is 0 Å². The summed E-state index contributed by atoms with van der Waals surface area (Å²) in [6, 6.07) is 8.21. The molecule has 1 aromatic rings. The number of fused-ring (bicyclic) bond motifs is 3. The summed E-state index contributed by atoms with van der Waals surface area (Å²) in [5.41, 5.74) is 7.25. The van der Waals surface area contributed by atoms with Crippen molar-refractivity contribution in [2.45, 2.75) is 56.5 Å². The minimum absolute atomic E-state index is 0.154. The number of likely N-dealkylation sites (tertiary alicyclic amines) is 1. The summed E-state index contributed by atoms with van der Waals surface area (Å²) in [7, 11) is 1.73. The molecule has 1 atom stereocenters. The van der Waals surface area contributed by atoms with Gasteiger partial charge < -0.3 is 20.1 Å². The highest BCUT2D eigenvalue weighted by molar-refractivity contribution is 5.83. The van der Waals surface area contributed by atoms with Crippen molar-refractivity contribution in [1.29, 1.82) is 0 Å². The fraction of sp³-hybridized carbons (Fsp3) is 0.625. The molecule has 2 bridgehead atoms. The van der Waals surface area contributed by atoms with Crippen LogP contribution in [-0.2, 0) is 14.9 Å². The highest BCUT2D eigenvalue weighted by atomic mass is 19.1. The van der Waals surface area contributed by atoms with Gasteiger partial charge in [-0.3, -0.25) is 4.79 Å². The van der Waals surface area contributed by atoms with Crippen LogP contribution in [0.15, 0.2) is 36.2 Å². The molecule has 6 heteroatoms. The average Bonchev–Trinajstić information content (AvgIpc) is 3.30. The van der Waals surface area contributed by atoms with Gasteiger partial charge in [0.05, 0.1) is 12.4 Å². The molecule has 1 heterocycles. The van der Waals surface area contributed by atoms with Crippen molar-refractivity contribution in [2.24, 2.45) is 11.1 Å². The van der Waals surface area contributed by atoms with E-state index in [1.54, 1.807) is 7.11 Å². The molecule has 4 fully saturated rings. The van der Waals surface area contributed by atoms with Gasteiger partial charge in [0.1, 0.15) is 12.4 Å². The molecule has 5 rings (SSSR count). The summed E-state index contributed by atoms with van der Waals surface area (Å²) in [6.45, 7) is 1.90. The van der Waals surface area contributed by atoms with Crippen molar-refractivity contribution in [3.05, 3.63) is 41.7 Å². The van der Waals surface area contributed by atoms with E-state index >= 15 is 0 Å². The Hall–Kier alpha value is -1.92. The van der Waals surface area contributed by atoms with Crippen molar-refractivity contribution < 1.29 is 18.7 Å². The first-order valence-corrected chi connectivity index (χ1v) is 11.1. The Morgan fingerprint density at radius 2 is 1.87 bits per heavy atom. The molecule has 164 valence electrons. The van der Waals surface area contributed by atoms with Gasteiger partial charge in [0.2, 0.25) is 5.91 Å². The highest BCUT2D eigenvalue weighted by Crippen LogP contribution is 2.58. The molecule has 1 aromatic carbocycles. The van der Waals surface area contributed by atoms with Crippen LogP contribution in [0.25, 0.3) is 0 Å². The smallest absolute Gasteiger partial charge is 0.228 e. The van der Waals surface area contributed by atoms with E-state index in [9.17, 15) is 9.18 Å². The van der Waals surface area contributed by atoms with Gasteiger partial charge in [-0.1, -0.05) is 12.1 Å². The van der Waals surface area contributed by atoms with Gasteiger partial charge in [0.25, 0.3) is 0 Å². The summed E-state index contributed by atoms with van der Waals surface area (Å²) in [5, 5.41) is 0. The van der Waals surface area contributed by atoms with E-state index in [0.29, 0.717) is 17.8 Å². The predicted octanol–water partition coefficient (Wildman–Crippen LogP) is 3.72. The van der Waals surface area contributed by atoms with E-state index in [4.69, 9.17) is 15.2 Å². The molecule has 1 saturated heterocycles. The third-order valence-electron chi connectivity index (χ3n) is 7.77. The minimum Gasteiger partial charge on any atom is -0.489 e. The first-order chi connectivity index (χ1) is 14.5. The van der Waals surface area contributed by atoms with Crippen molar-refractivity contribution in [1.82, 2.24) is 4.90 Å². The molecule has 3 aliphatic carbocycles. The number of rotatable bonds is 7. The molecule has 2 N–H and O–H groups in total. The lowest BCUT2D eigenvalue weighted by Crippen LogP contribution is -2.52. The highest BCUT2D eigenvalue weighted by Gasteiger charge is 2.54. The molecule has 3 saturated carbocycles. The lowest BCUT2D eigenvalue weighted by molar-refractivity contribution is -0.148. The third-order valence-corrected chi connectivity index (χ3v) is 7.77. The SMILES string of the molecule is COC1CCN(C(=O)C23CCC(c4ccc(OC/C(=C/F)CN)cc4)(CC2)CC3)C1. The topological polar surface area (TPSA) is 64.8 Å². The van der Waals surface area contributed by atoms with Crippen molar-refractivity contribution in [2.75, 3.05) is 33.4 Å². The van der Waals surface area contributed by atoms with E-state index in [-0.39, 0.29) is 30.1 Å². The maximum absolute atomic E-state index is 13.3. The maximum Gasteiger partial charge on any atom is 0.228 e. The third kappa shape index (κ3) is 3.87. The Kier molecular flexibility index (Phi) is 6.16. The van der Waals surface area contributed by atoms with Gasteiger partial charge >= 0.3 is 0 Å². The zero-order chi connectivity index (χ0) is 21.2. The molecule has 0 aromatic heterocycles. The van der Waals surface area contributed by atoms with E-state index in [2.05, 4.69) is 12.1 Å². The summed E-state index contributed by atoms with van der Waals surface area (Å²) in [4.78, 5) is 15.4. The fourth-order valence-corrected chi connectivity index (χ4v) is 5.60. The number of methoxy groups -OCH3 is 1. The number of ether oxygens (including phenoxy) is 2. The first-order valence-electron chi connectivity index (χ1n) is 11.1. The second kappa shape index (κ2) is 8.67. The molecule has 1 aliphatic heterocycles. The van der Waals surface area contributed by atoms with E-state index in [1.807, 2.05) is 17.0 Å². The summed E-state index contributed by atoms with van der Waals surface area (Å²) >= 11 is 0. The average molecular weight is 417 g/mol. The molecule has 0 spiro atoms. The quantitative estimate of drug-likeness (QED) is 0.736. The lowest BCUT2D eigenvalue weighted by Gasteiger charge is -2.53. The Labute approximate surface area is 178 Å². The van der Waals surface area contributed by atoms with Crippen molar-refractivity contribution in [3.8, 4) is 5.75 Å². The van der Waals surface area contributed by atoms with Crippen LogP contribution in [0.3, 0.4) is 0 Å². The van der Waals surface area contributed by atoms with E-state index in [1.165, 1.54) is 5.56 Å². The Balaban J connectivity index is 1.38. The van der Waals surface area contributed by atoms with Crippen molar-refractivity contribution in [3.63, 3.8) is 0 Å². The molecule has 4 aliphatic rings. The summed E-state index contributed by atoms with van der Waals surface area (Å²) in [5.74, 6) is 1.08. The summed E-state index contributed by atoms with van der Waals surface area (Å²) < 4.78 is 23.7. The number of hydrogen-bond acceptors (Lipinski definition) is 4. The number of halogens is 1. The van der Waals surface area contributed by atoms with E-state index in [0.717, 1.165) is 63.8 Å². The second-order valence-electron chi connectivity index (χ2n) is 9.24. The lowest BCUT2D eigenvalue weighted by atomic mass is 9.51. The molecular weight excluding hydrogens is 383 g/mol. The Morgan fingerprint density at radius 1 is 1.20 bits per heavy atom. The maximum atomic E-state index is 13.3. The number of carbonyl (C=O) groups is 1. The number of nitrogens with two attached hydrogens (primary N) is 1. The minimum atomic E-state index is -0.162. The van der Waals surface area contributed by atoms with Gasteiger partial charge in [0.15, 0.2) is 0 Å². The molecule has 0 radical (unpaired) electrons. The standard InChI is InChI=1S/C24H33FN2O3/c1-29-21-6-13-27(16-21)22(28)24-10-7-23(8-11-24,9-12-24)19-2-4-20(5-3-19)30-17-18(14-25)15-26/h2-5,14,21H,6-13,15-17,26H2,1H3/b18-14+. The Morgan fingerprint density at radius 3 is 2.40 bits per heavy atom. The predicted molar refractivity (Wildman–Crippen MR) is 114 cm³/mol. The van der Waals surface area contributed by atoms with Crippen LogP contribution < -0.4 is 10.5 Å². The van der Waals surface area contributed by atoms with Gasteiger partial charge in [-0.25, -0.2) is 4.39 Å². The zero-order valence-corrected chi connectivity index (χ0v) is 17.9. The normalized spacial score (nSPS) is 31.2. The van der Waals surface area contributed by atoms with Crippen LogP contribution in [-0.4, -0.2) is 50.3 Å². The second-order valence-corrected chi connectivity index (χ2v) is 9.24. The number of hydrogen-bond donors (Lipinski definition) is 1. The number of carbonyl (C=O) groups excluding carboxylic acids is 1. The van der Waals surface area contributed by atoms with Crippen LogP contribution in [0, 0.1) is 5.41 Å². The molecule has 1 unspecified atom stereocenters. The number of nitrogens with zero attached hydrogens (tertiary/aromatic N) is 1. The van der Waals surface area contributed by atoms with E-state index < -0.39 is 0 Å². The zero-order valence-electron chi connectivity index (χ0n) is 17.9. The van der Waals surface area contributed by atoms with Crippen LogP contribution >= 0.6 is 0 Å². The van der Waals surface area contributed by atoms with Crippen molar-refractivity contribution >= 4 is 5.91 Å². The monoisotopic (exact) mass is 416 g/mol.